The minimum Gasteiger partial charge on any atom is -0.398 e. The van der Waals surface area contributed by atoms with Crippen LogP contribution in [0.1, 0.15) is 13.3 Å². The molecule has 2 aromatic carbocycles. The zero-order valence-corrected chi connectivity index (χ0v) is 15.4. The van der Waals surface area contributed by atoms with Crippen LogP contribution in [0.15, 0.2) is 53.0 Å². The Morgan fingerprint density at radius 2 is 2.00 bits per heavy atom. The Kier molecular flexibility index (Phi) is 4.23. The molecule has 0 aliphatic carbocycles. The summed E-state index contributed by atoms with van der Waals surface area (Å²) in [6.45, 7) is 2.03. The van der Waals surface area contributed by atoms with Gasteiger partial charge in [-0.15, -0.1) is 11.3 Å². The van der Waals surface area contributed by atoms with Gasteiger partial charge in [0.1, 0.15) is 0 Å². The number of nitrogen functional groups attached to an aromatic ring is 1. The van der Waals surface area contributed by atoms with Gasteiger partial charge in [-0.05, 0) is 42.3 Å². The van der Waals surface area contributed by atoms with E-state index in [4.69, 9.17) is 5.73 Å². The van der Waals surface area contributed by atoms with E-state index in [-0.39, 0.29) is 0 Å². The maximum atomic E-state index is 12.3. The Labute approximate surface area is 152 Å². The van der Waals surface area contributed by atoms with Crippen LogP contribution >= 0.6 is 11.3 Å². The van der Waals surface area contributed by atoms with Crippen molar-refractivity contribution in [1.29, 1.82) is 0 Å². The summed E-state index contributed by atoms with van der Waals surface area (Å²) in [6, 6.07) is 11.8. The van der Waals surface area contributed by atoms with E-state index >= 15 is 0 Å². The number of nitrogens with zero attached hydrogens (tertiary/aromatic N) is 2. The van der Waals surface area contributed by atoms with Crippen LogP contribution in [0.25, 0.3) is 32.2 Å². The fourth-order valence-electron chi connectivity index (χ4n) is 2.89. The van der Waals surface area contributed by atoms with Gasteiger partial charge in [-0.3, -0.25) is 9.19 Å². The Hall–Kier alpha value is -2.31. The summed E-state index contributed by atoms with van der Waals surface area (Å²) in [7, 11) is -1.00. The summed E-state index contributed by atoms with van der Waals surface area (Å²) in [6.07, 6.45) is 2.68. The average Bonchev–Trinajstić information content (AvgIpc) is 3.10. The molecule has 2 N–H and O–H groups in total. The van der Waals surface area contributed by atoms with Crippen molar-refractivity contribution in [3.05, 3.63) is 48.1 Å². The molecule has 4 nitrogen and oxygen atoms in total. The lowest BCUT2D eigenvalue weighted by Gasteiger charge is -2.10. The largest absolute Gasteiger partial charge is 0.398 e. The van der Waals surface area contributed by atoms with Gasteiger partial charge >= 0.3 is 0 Å². The minimum atomic E-state index is -1.00. The van der Waals surface area contributed by atoms with Gasteiger partial charge in [0.25, 0.3) is 0 Å². The highest BCUT2D eigenvalue weighted by Crippen LogP contribution is 2.34. The molecule has 4 rings (SSSR count). The minimum absolute atomic E-state index is 0.652. The van der Waals surface area contributed by atoms with E-state index in [1.54, 1.807) is 17.5 Å². The van der Waals surface area contributed by atoms with E-state index in [1.807, 2.05) is 42.8 Å². The maximum Gasteiger partial charge on any atom is 0.0818 e. The Balaban J connectivity index is 1.86. The second-order valence-electron chi connectivity index (χ2n) is 5.85. The van der Waals surface area contributed by atoms with Crippen LogP contribution in [0, 0.1) is 0 Å². The predicted octanol–water partition coefficient (Wildman–Crippen LogP) is 4.61. The highest BCUT2D eigenvalue weighted by atomic mass is 32.2. The highest BCUT2D eigenvalue weighted by molar-refractivity contribution is 7.85. The molecule has 126 valence electrons. The van der Waals surface area contributed by atoms with Gasteiger partial charge in [0.2, 0.25) is 0 Å². The van der Waals surface area contributed by atoms with Crippen molar-refractivity contribution >= 4 is 48.9 Å². The number of pyridine rings is 1. The maximum absolute atomic E-state index is 12.3. The molecule has 0 spiro atoms. The highest BCUT2D eigenvalue weighted by Gasteiger charge is 2.12. The van der Waals surface area contributed by atoms with Crippen LogP contribution in [0.4, 0.5) is 5.69 Å². The fourth-order valence-corrected chi connectivity index (χ4v) is 4.63. The predicted molar refractivity (Wildman–Crippen MR) is 106 cm³/mol. The first-order valence-electron chi connectivity index (χ1n) is 8.07. The third-order valence-corrected chi connectivity index (χ3v) is 6.54. The zero-order chi connectivity index (χ0) is 17.4. The molecule has 0 amide bonds. The van der Waals surface area contributed by atoms with Gasteiger partial charge < -0.3 is 5.73 Å². The number of anilines is 1. The molecule has 1 atom stereocenters. The summed E-state index contributed by atoms with van der Waals surface area (Å²) >= 11 is 1.62. The number of rotatable bonds is 4. The normalized spacial score (nSPS) is 12.7. The molecule has 1 unspecified atom stereocenters. The number of nitrogens with two attached hydrogens (primary N) is 1. The molecule has 0 saturated heterocycles. The van der Waals surface area contributed by atoms with Crippen molar-refractivity contribution in [2.75, 3.05) is 11.5 Å². The van der Waals surface area contributed by atoms with E-state index in [1.165, 1.54) is 0 Å². The van der Waals surface area contributed by atoms with Crippen LogP contribution in [0.2, 0.25) is 0 Å². The standard InChI is InChI=1S/C19H17N3OS2/c1-2-7-25(23)13-4-5-16-14(9-13)19(20)15(10-21-16)12-3-6-18-17(8-12)22-11-24-18/h3-6,8-11H,2,7H2,1H3,(H2,20,21). The molecule has 0 radical (unpaired) electrons. The first-order valence-corrected chi connectivity index (χ1v) is 10.3. The number of aromatic nitrogens is 2. The van der Waals surface area contributed by atoms with Gasteiger partial charge in [-0.1, -0.05) is 13.0 Å². The van der Waals surface area contributed by atoms with Crippen LogP contribution in [-0.2, 0) is 10.8 Å². The molecule has 0 aliphatic heterocycles. The van der Waals surface area contributed by atoms with Gasteiger partial charge in [-0.2, -0.15) is 0 Å². The number of hydrogen-bond acceptors (Lipinski definition) is 5. The first kappa shape index (κ1) is 16.2. The van der Waals surface area contributed by atoms with Crippen molar-refractivity contribution in [3.8, 4) is 11.1 Å². The molecule has 0 aliphatic rings. The van der Waals surface area contributed by atoms with Crippen LogP contribution in [0.3, 0.4) is 0 Å². The van der Waals surface area contributed by atoms with Crippen molar-refractivity contribution in [3.63, 3.8) is 0 Å². The molecule has 0 fully saturated rings. The van der Waals surface area contributed by atoms with Gasteiger partial charge in [0.15, 0.2) is 0 Å². The van der Waals surface area contributed by atoms with Crippen molar-refractivity contribution in [2.24, 2.45) is 0 Å². The van der Waals surface area contributed by atoms with E-state index in [2.05, 4.69) is 16.0 Å². The van der Waals surface area contributed by atoms with Gasteiger partial charge in [0, 0.05) is 27.8 Å². The Morgan fingerprint density at radius 3 is 2.84 bits per heavy atom. The lowest BCUT2D eigenvalue weighted by Crippen LogP contribution is -1.99. The third kappa shape index (κ3) is 2.92. The smallest absolute Gasteiger partial charge is 0.0818 e. The summed E-state index contributed by atoms with van der Waals surface area (Å²) in [4.78, 5) is 9.71. The van der Waals surface area contributed by atoms with E-state index in [0.29, 0.717) is 11.4 Å². The quantitative estimate of drug-likeness (QED) is 0.572. The Morgan fingerprint density at radius 1 is 1.12 bits per heavy atom. The van der Waals surface area contributed by atoms with E-state index in [0.717, 1.165) is 43.6 Å². The van der Waals surface area contributed by atoms with Crippen molar-refractivity contribution in [2.45, 2.75) is 18.2 Å². The summed E-state index contributed by atoms with van der Waals surface area (Å²) < 4.78 is 13.5. The Bertz CT molecular complexity index is 1100. The molecule has 0 saturated carbocycles. The van der Waals surface area contributed by atoms with Crippen LogP contribution < -0.4 is 5.73 Å². The summed E-state index contributed by atoms with van der Waals surface area (Å²) in [5.74, 6) is 0.652. The fraction of sp³-hybridized carbons (Fsp3) is 0.158. The molecular formula is C19H17N3OS2. The molecule has 25 heavy (non-hydrogen) atoms. The topological polar surface area (TPSA) is 68.9 Å². The second kappa shape index (κ2) is 6.54. The zero-order valence-electron chi connectivity index (χ0n) is 13.7. The first-order chi connectivity index (χ1) is 12.2. The molecule has 2 aromatic heterocycles. The summed E-state index contributed by atoms with van der Waals surface area (Å²) in [5, 5.41) is 0.845. The number of hydrogen-bond donors (Lipinski definition) is 1. The van der Waals surface area contributed by atoms with Gasteiger partial charge in [0.05, 0.1) is 37.7 Å². The molecule has 2 heterocycles. The SMILES string of the molecule is CCCS(=O)c1ccc2ncc(-c3ccc4scnc4c3)c(N)c2c1. The molecule has 4 aromatic rings. The van der Waals surface area contributed by atoms with Gasteiger partial charge in [-0.25, -0.2) is 4.98 Å². The average molecular weight is 367 g/mol. The van der Waals surface area contributed by atoms with Crippen LogP contribution in [-0.4, -0.2) is 19.9 Å². The number of fused-ring (bicyclic) bond motifs is 2. The van der Waals surface area contributed by atoms with Crippen molar-refractivity contribution in [1.82, 2.24) is 9.97 Å². The lowest BCUT2D eigenvalue weighted by molar-refractivity contribution is 0.682. The number of thiazole rings is 1. The molecule has 0 bridgehead atoms. The molecular weight excluding hydrogens is 350 g/mol. The summed E-state index contributed by atoms with van der Waals surface area (Å²) in [5.41, 5.74) is 12.6. The van der Waals surface area contributed by atoms with Crippen LogP contribution in [0.5, 0.6) is 0 Å². The van der Waals surface area contributed by atoms with E-state index < -0.39 is 10.8 Å². The van der Waals surface area contributed by atoms with E-state index in [9.17, 15) is 4.21 Å². The number of benzene rings is 2. The second-order valence-corrected chi connectivity index (χ2v) is 8.31. The lowest BCUT2D eigenvalue weighted by atomic mass is 10.0. The third-order valence-electron chi connectivity index (χ3n) is 4.17. The molecule has 6 heteroatoms. The van der Waals surface area contributed by atoms with Crippen molar-refractivity contribution < 1.29 is 4.21 Å². The monoisotopic (exact) mass is 367 g/mol.